The molecule has 0 bridgehead atoms. The minimum absolute atomic E-state index is 0.0176. The number of ether oxygens (including phenoxy) is 1. The summed E-state index contributed by atoms with van der Waals surface area (Å²) in [6.45, 7) is 1.73. The quantitative estimate of drug-likeness (QED) is 0.212. The zero-order chi connectivity index (χ0) is 12.1. The van der Waals surface area contributed by atoms with Crippen molar-refractivity contribution in [2.75, 3.05) is 6.61 Å². The predicted octanol–water partition coefficient (Wildman–Crippen LogP) is -0.415. The summed E-state index contributed by atoms with van der Waals surface area (Å²) in [6.07, 6.45) is 1.93. The number of esters is 1. The number of rotatable bonds is 3. The summed E-state index contributed by atoms with van der Waals surface area (Å²) in [5.74, 6) is -0.830. The van der Waals surface area contributed by atoms with E-state index >= 15 is 0 Å². The lowest BCUT2D eigenvalue weighted by atomic mass is 10.4. The van der Waals surface area contributed by atoms with E-state index in [1.54, 1.807) is 6.92 Å². The lowest BCUT2D eigenvalue weighted by Gasteiger charge is -2.04. The van der Waals surface area contributed by atoms with Crippen LogP contribution in [-0.2, 0) is 4.74 Å². The Balaban J connectivity index is 3.26. The predicted molar refractivity (Wildman–Crippen MR) is 50.6 cm³/mol. The maximum absolute atomic E-state index is 11.3. The van der Waals surface area contributed by atoms with Crippen LogP contribution in [0.3, 0.4) is 0 Å². The van der Waals surface area contributed by atoms with Gasteiger partial charge in [-0.3, -0.25) is 5.41 Å². The monoisotopic (exact) mass is 226 g/mol. The molecule has 16 heavy (non-hydrogen) atoms. The van der Waals surface area contributed by atoms with E-state index in [-0.39, 0.29) is 18.0 Å². The molecule has 3 N–H and O–H groups in total. The Kier molecular flexibility index (Phi) is 3.59. The van der Waals surface area contributed by atoms with Gasteiger partial charge in [0.1, 0.15) is 5.69 Å². The summed E-state index contributed by atoms with van der Waals surface area (Å²) >= 11 is 0. The Morgan fingerprint density at radius 2 is 2.50 bits per heavy atom. The van der Waals surface area contributed by atoms with Crippen molar-refractivity contribution in [2.45, 2.75) is 6.92 Å². The summed E-state index contributed by atoms with van der Waals surface area (Å²) in [5, 5.41) is 27.6. The summed E-state index contributed by atoms with van der Waals surface area (Å²) in [5.41, 5.74) is -0.848. The first kappa shape index (κ1) is 11.7. The molecule has 0 amide bonds. The van der Waals surface area contributed by atoms with Crippen molar-refractivity contribution in [3.05, 3.63) is 23.1 Å². The van der Waals surface area contributed by atoms with E-state index in [1.165, 1.54) is 0 Å². The third-order valence-corrected chi connectivity index (χ3v) is 1.61. The van der Waals surface area contributed by atoms with Gasteiger partial charge in [-0.1, -0.05) is 5.16 Å². The first-order chi connectivity index (χ1) is 7.60. The Hall–Kier alpha value is -2.38. The third kappa shape index (κ3) is 2.35. The van der Waals surface area contributed by atoms with Crippen molar-refractivity contribution in [3.8, 4) is 0 Å². The maximum Gasteiger partial charge on any atom is 0.360 e. The van der Waals surface area contributed by atoms with Gasteiger partial charge in [-0.2, -0.15) is 4.73 Å². The Bertz CT molecular complexity index is 479. The second-order valence-corrected chi connectivity index (χ2v) is 2.67. The van der Waals surface area contributed by atoms with Crippen molar-refractivity contribution in [1.82, 2.24) is 9.71 Å². The van der Waals surface area contributed by atoms with Crippen molar-refractivity contribution < 1.29 is 19.9 Å². The lowest BCUT2D eigenvalue weighted by molar-refractivity contribution is 0.0507. The SMILES string of the molecule is CCOC(=O)c1nc(/C=N/O)cn(O)c1=N. The topological polar surface area (TPSA) is 121 Å². The fourth-order valence-corrected chi connectivity index (χ4v) is 0.972. The first-order valence-electron chi connectivity index (χ1n) is 4.32. The van der Waals surface area contributed by atoms with Crippen LogP contribution in [0.1, 0.15) is 23.1 Å². The highest BCUT2D eigenvalue weighted by molar-refractivity contribution is 5.88. The Morgan fingerprint density at radius 3 is 3.06 bits per heavy atom. The minimum Gasteiger partial charge on any atom is -0.461 e. The number of hydrogen-bond acceptors (Lipinski definition) is 7. The molecule has 86 valence electrons. The first-order valence-corrected chi connectivity index (χ1v) is 4.32. The highest BCUT2D eigenvalue weighted by Gasteiger charge is 2.14. The molecule has 0 spiro atoms. The molecule has 1 aromatic heterocycles. The van der Waals surface area contributed by atoms with Gasteiger partial charge in [0.25, 0.3) is 0 Å². The van der Waals surface area contributed by atoms with Gasteiger partial charge in [-0.15, -0.1) is 0 Å². The van der Waals surface area contributed by atoms with E-state index in [4.69, 9.17) is 10.6 Å². The molecule has 0 fully saturated rings. The molecule has 0 aromatic carbocycles. The maximum atomic E-state index is 11.3. The average molecular weight is 226 g/mol. The molecule has 0 atom stereocenters. The number of oxime groups is 1. The third-order valence-electron chi connectivity index (χ3n) is 1.61. The number of aromatic nitrogens is 2. The zero-order valence-electron chi connectivity index (χ0n) is 8.41. The van der Waals surface area contributed by atoms with Gasteiger partial charge >= 0.3 is 5.97 Å². The van der Waals surface area contributed by atoms with E-state index in [0.717, 1.165) is 12.4 Å². The molecule has 0 aliphatic heterocycles. The van der Waals surface area contributed by atoms with Gasteiger partial charge in [0.15, 0.2) is 11.2 Å². The number of hydrogen-bond donors (Lipinski definition) is 3. The van der Waals surface area contributed by atoms with Gasteiger partial charge in [0.05, 0.1) is 19.0 Å². The van der Waals surface area contributed by atoms with E-state index in [9.17, 15) is 10.0 Å². The van der Waals surface area contributed by atoms with Crippen molar-refractivity contribution in [1.29, 1.82) is 5.41 Å². The fraction of sp³-hybridized carbons (Fsp3) is 0.250. The number of nitrogens with zero attached hydrogens (tertiary/aromatic N) is 3. The molecule has 0 unspecified atom stereocenters. The Morgan fingerprint density at radius 1 is 1.81 bits per heavy atom. The summed E-state index contributed by atoms with van der Waals surface area (Å²) < 4.78 is 5.03. The fourth-order valence-electron chi connectivity index (χ4n) is 0.972. The van der Waals surface area contributed by atoms with E-state index in [1.807, 2.05) is 0 Å². The molecule has 0 saturated heterocycles. The van der Waals surface area contributed by atoms with Crippen LogP contribution in [0.15, 0.2) is 11.4 Å². The molecule has 1 heterocycles. The number of nitrogens with one attached hydrogen (secondary N) is 1. The van der Waals surface area contributed by atoms with E-state index in [2.05, 4.69) is 14.9 Å². The number of carbonyl (C=O) groups is 1. The molecule has 0 saturated carbocycles. The van der Waals surface area contributed by atoms with Gasteiger partial charge in [0, 0.05) is 0 Å². The average Bonchev–Trinajstić information content (AvgIpc) is 2.23. The van der Waals surface area contributed by atoms with Crippen molar-refractivity contribution in [3.63, 3.8) is 0 Å². The normalized spacial score (nSPS) is 10.6. The van der Waals surface area contributed by atoms with Gasteiger partial charge in [-0.25, -0.2) is 9.78 Å². The number of carbonyl (C=O) groups excluding carboxylic acids is 1. The zero-order valence-corrected chi connectivity index (χ0v) is 8.41. The van der Waals surface area contributed by atoms with Crippen LogP contribution in [-0.4, -0.2) is 38.9 Å². The highest BCUT2D eigenvalue weighted by atomic mass is 16.5. The van der Waals surface area contributed by atoms with E-state index in [0.29, 0.717) is 4.73 Å². The molecular formula is C8H10N4O4. The van der Waals surface area contributed by atoms with Crippen LogP contribution < -0.4 is 5.49 Å². The lowest BCUT2D eigenvalue weighted by Crippen LogP contribution is -2.28. The summed E-state index contributed by atoms with van der Waals surface area (Å²) in [7, 11) is 0. The van der Waals surface area contributed by atoms with Crippen molar-refractivity contribution in [2.24, 2.45) is 5.16 Å². The molecule has 1 aromatic rings. The van der Waals surface area contributed by atoms with Crippen LogP contribution >= 0.6 is 0 Å². The molecule has 1 rings (SSSR count). The highest BCUT2D eigenvalue weighted by Crippen LogP contribution is 1.94. The molecule has 8 nitrogen and oxygen atoms in total. The molecule has 8 heteroatoms. The smallest absolute Gasteiger partial charge is 0.360 e. The van der Waals surface area contributed by atoms with Crippen LogP contribution in [0.4, 0.5) is 0 Å². The van der Waals surface area contributed by atoms with Crippen LogP contribution in [0.25, 0.3) is 0 Å². The van der Waals surface area contributed by atoms with Crippen molar-refractivity contribution >= 4 is 12.2 Å². The molecular weight excluding hydrogens is 216 g/mol. The molecule has 0 aliphatic carbocycles. The summed E-state index contributed by atoms with van der Waals surface area (Å²) in [6, 6.07) is 0. The van der Waals surface area contributed by atoms with Crippen LogP contribution in [0.5, 0.6) is 0 Å². The van der Waals surface area contributed by atoms with Gasteiger partial charge in [-0.05, 0) is 6.92 Å². The second-order valence-electron chi connectivity index (χ2n) is 2.67. The van der Waals surface area contributed by atoms with Gasteiger partial charge in [0.2, 0.25) is 0 Å². The van der Waals surface area contributed by atoms with Crippen LogP contribution in [0, 0.1) is 5.41 Å². The molecule has 0 aliphatic rings. The Labute approximate surface area is 89.9 Å². The second kappa shape index (κ2) is 4.91. The minimum atomic E-state index is -0.830. The van der Waals surface area contributed by atoms with Crippen LogP contribution in [0.2, 0.25) is 0 Å². The standard InChI is InChI=1S/C8H10N4O4/c1-2-16-8(13)6-7(9)12(15)4-5(11-6)3-10-14/h3-4,9,14-15H,2H2,1H3/b9-7?,10-3+. The molecule has 0 radical (unpaired) electrons. The van der Waals surface area contributed by atoms with E-state index < -0.39 is 11.5 Å². The largest absolute Gasteiger partial charge is 0.461 e. The summed E-state index contributed by atoms with van der Waals surface area (Å²) in [4.78, 5) is 15.0. The van der Waals surface area contributed by atoms with Gasteiger partial charge < -0.3 is 15.2 Å².